The van der Waals surface area contributed by atoms with Gasteiger partial charge in [-0.25, -0.2) is 4.98 Å². The van der Waals surface area contributed by atoms with Gasteiger partial charge in [0.1, 0.15) is 5.82 Å². The summed E-state index contributed by atoms with van der Waals surface area (Å²) in [5, 5.41) is 3.49. The number of nitrogens with one attached hydrogen (secondary N) is 1. The molecular weight excluding hydrogens is 212 g/mol. The van der Waals surface area contributed by atoms with Crippen LogP contribution in [-0.4, -0.2) is 40.6 Å². The van der Waals surface area contributed by atoms with Gasteiger partial charge in [-0.15, -0.1) is 0 Å². The number of nitrogens with zero attached hydrogens (tertiary/aromatic N) is 3. The molecule has 2 rings (SSSR count). The van der Waals surface area contributed by atoms with Crippen molar-refractivity contribution < 1.29 is 0 Å². The molecule has 96 valence electrons. The number of piperidine rings is 1. The van der Waals surface area contributed by atoms with Crippen molar-refractivity contribution in [1.29, 1.82) is 0 Å². The highest BCUT2D eigenvalue weighted by molar-refractivity contribution is 4.91. The second-order valence-corrected chi connectivity index (χ2v) is 4.99. The third-order valence-electron chi connectivity index (χ3n) is 3.65. The van der Waals surface area contributed by atoms with E-state index in [0.29, 0.717) is 0 Å². The Morgan fingerprint density at radius 3 is 3.06 bits per heavy atom. The second-order valence-electron chi connectivity index (χ2n) is 4.99. The van der Waals surface area contributed by atoms with Crippen LogP contribution in [0, 0.1) is 5.92 Å². The van der Waals surface area contributed by atoms with Crippen LogP contribution in [0.1, 0.15) is 25.6 Å². The van der Waals surface area contributed by atoms with Gasteiger partial charge in [-0.05, 0) is 38.4 Å². The smallest absolute Gasteiger partial charge is 0.122 e. The van der Waals surface area contributed by atoms with E-state index >= 15 is 0 Å². The number of aromatic nitrogens is 2. The Bertz CT molecular complexity index is 328. The highest BCUT2D eigenvalue weighted by Crippen LogP contribution is 2.13. The van der Waals surface area contributed by atoms with Crippen LogP contribution in [0.4, 0.5) is 0 Å². The van der Waals surface area contributed by atoms with Crippen LogP contribution in [-0.2, 0) is 13.6 Å². The summed E-state index contributed by atoms with van der Waals surface area (Å²) in [7, 11) is 2.07. The molecule has 1 aliphatic rings. The molecule has 0 bridgehead atoms. The predicted octanol–water partition coefficient (Wildman–Crippen LogP) is 1.24. The van der Waals surface area contributed by atoms with Crippen LogP contribution in [0.2, 0.25) is 0 Å². The number of hydrogen-bond donors (Lipinski definition) is 1. The average Bonchev–Trinajstić information content (AvgIpc) is 2.75. The highest BCUT2D eigenvalue weighted by atomic mass is 15.2. The van der Waals surface area contributed by atoms with E-state index in [9.17, 15) is 0 Å². The number of rotatable bonds is 5. The first-order chi connectivity index (χ1) is 8.29. The summed E-state index contributed by atoms with van der Waals surface area (Å²) >= 11 is 0. The molecule has 17 heavy (non-hydrogen) atoms. The molecule has 1 N–H and O–H groups in total. The van der Waals surface area contributed by atoms with E-state index in [1.165, 1.54) is 32.5 Å². The summed E-state index contributed by atoms with van der Waals surface area (Å²) in [6.45, 7) is 7.87. The number of aryl methyl sites for hydroxylation is 1. The molecule has 4 nitrogen and oxygen atoms in total. The second kappa shape index (κ2) is 6.17. The average molecular weight is 236 g/mol. The molecule has 0 spiro atoms. The van der Waals surface area contributed by atoms with E-state index in [4.69, 9.17) is 0 Å². The van der Waals surface area contributed by atoms with Crippen molar-refractivity contribution in [3.05, 3.63) is 18.2 Å². The summed E-state index contributed by atoms with van der Waals surface area (Å²) in [5.74, 6) is 1.97. The lowest BCUT2D eigenvalue weighted by Gasteiger charge is -2.29. The zero-order valence-corrected chi connectivity index (χ0v) is 11.0. The standard InChI is InChI=1S/C13H24N4/c1-3-17(10-12-5-4-6-14-9-12)11-13-15-7-8-16(13)2/h7-8,12,14H,3-6,9-11H2,1-2H3. The summed E-state index contributed by atoms with van der Waals surface area (Å²) in [5.41, 5.74) is 0. The lowest BCUT2D eigenvalue weighted by molar-refractivity contribution is 0.204. The van der Waals surface area contributed by atoms with Crippen molar-refractivity contribution in [2.75, 3.05) is 26.2 Å². The van der Waals surface area contributed by atoms with Gasteiger partial charge in [0, 0.05) is 26.0 Å². The first kappa shape index (κ1) is 12.6. The van der Waals surface area contributed by atoms with Crippen molar-refractivity contribution in [2.24, 2.45) is 13.0 Å². The lowest BCUT2D eigenvalue weighted by Crippen LogP contribution is -2.38. The Morgan fingerprint density at radius 2 is 2.47 bits per heavy atom. The van der Waals surface area contributed by atoms with E-state index in [2.05, 4.69) is 33.7 Å². The molecule has 0 aliphatic carbocycles. The van der Waals surface area contributed by atoms with Crippen LogP contribution in [0.15, 0.2) is 12.4 Å². The maximum Gasteiger partial charge on any atom is 0.122 e. The minimum atomic E-state index is 0.809. The minimum absolute atomic E-state index is 0.809. The fourth-order valence-electron chi connectivity index (χ4n) is 2.50. The van der Waals surface area contributed by atoms with Crippen molar-refractivity contribution in [2.45, 2.75) is 26.3 Å². The molecule has 1 unspecified atom stereocenters. The van der Waals surface area contributed by atoms with E-state index in [-0.39, 0.29) is 0 Å². The predicted molar refractivity (Wildman–Crippen MR) is 69.8 cm³/mol. The van der Waals surface area contributed by atoms with Crippen LogP contribution >= 0.6 is 0 Å². The molecule has 1 saturated heterocycles. The SMILES string of the molecule is CCN(Cc1nccn1C)CC1CCCNC1. The molecule has 0 saturated carbocycles. The van der Waals surface area contributed by atoms with Crippen LogP contribution < -0.4 is 5.32 Å². The number of hydrogen-bond acceptors (Lipinski definition) is 3. The van der Waals surface area contributed by atoms with Gasteiger partial charge in [0.2, 0.25) is 0 Å². The first-order valence-electron chi connectivity index (χ1n) is 6.69. The molecule has 2 heterocycles. The van der Waals surface area contributed by atoms with Crippen molar-refractivity contribution in [3.63, 3.8) is 0 Å². The Balaban J connectivity index is 1.85. The highest BCUT2D eigenvalue weighted by Gasteiger charge is 2.17. The largest absolute Gasteiger partial charge is 0.337 e. The van der Waals surface area contributed by atoms with Crippen LogP contribution in [0.3, 0.4) is 0 Å². The van der Waals surface area contributed by atoms with Crippen molar-refractivity contribution in [1.82, 2.24) is 19.8 Å². The zero-order chi connectivity index (χ0) is 12.1. The van der Waals surface area contributed by atoms with E-state index < -0.39 is 0 Å². The minimum Gasteiger partial charge on any atom is -0.337 e. The van der Waals surface area contributed by atoms with Gasteiger partial charge in [-0.3, -0.25) is 4.90 Å². The van der Waals surface area contributed by atoms with Gasteiger partial charge < -0.3 is 9.88 Å². The van der Waals surface area contributed by atoms with Gasteiger partial charge in [0.05, 0.1) is 6.54 Å². The third-order valence-corrected chi connectivity index (χ3v) is 3.65. The van der Waals surface area contributed by atoms with Crippen molar-refractivity contribution in [3.8, 4) is 0 Å². The Hall–Kier alpha value is -0.870. The van der Waals surface area contributed by atoms with E-state index in [1.807, 2.05) is 12.4 Å². The lowest BCUT2D eigenvalue weighted by atomic mass is 9.99. The molecule has 1 aliphatic heterocycles. The van der Waals surface area contributed by atoms with E-state index in [0.717, 1.165) is 24.8 Å². The molecule has 1 fully saturated rings. The first-order valence-corrected chi connectivity index (χ1v) is 6.69. The van der Waals surface area contributed by atoms with Crippen molar-refractivity contribution >= 4 is 0 Å². The molecule has 0 aromatic carbocycles. The summed E-state index contributed by atoms with van der Waals surface area (Å²) in [4.78, 5) is 6.90. The molecule has 0 radical (unpaired) electrons. The van der Waals surface area contributed by atoms with Gasteiger partial charge in [0.15, 0.2) is 0 Å². The molecule has 1 aromatic rings. The fraction of sp³-hybridized carbons (Fsp3) is 0.769. The maximum atomic E-state index is 4.40. The molecule has 1 atom stereocenters. The third kappa shape index (κ3) is 3.54. The molecule has 1 aromatic heterocycles. The van der Waals surface area contributed by atoms with Gasteiger partial charge in [-0.1, -0.05) is 6.92 Å². The summed E-state index contributed by atoms with van der Waals surface area (Å²) in [6.07, 6.45) is 6.59. The Labute approximate surface area is 104 Å². The van der Waals surface area contributed by atoms with Gasteiger partial charge in [-0.2, -0.15) is 0 Å². The fourth-order valence-corrected chi connectivity index (χ4v) is 2.50. The molecule has 0 amide bonds. The van der Waals surface area contributed by atoms with E-state index in [1.54, 1.807) is 0 Å². The van der Waals surface area contributed by atoms with Gasteiger partial charge in [0.25, 0.3) is 0 Å². The van der Waals surface area contributed by atoms with Crippen LogP contribution in [0.25, 0.3) is 0 Å². The summed E-state index contributed by atoms with van der Waals surface area (Å²) < 4.78 is 2.11. The topological polar surface area (TPSA) is 33.1 Å². The zero-order valence-electron chi connectivity index (χ0n) is 11.0. The maximum absolute atomic E-state index is 4.40. The molecule has 4 heteroatoms. The normalized spacial score (nSPS) is 21.0. The Kier molecular flexibility index (Phi) is 4.57. The molecular formula is C13H24N4. The quantitative estimate of drug-likeness (QED) is 0.835. The monoisotopic (exact) mass is 236 g/mol. The number of imidazole rings is 1. The Morgan fingerprint density at radius 1 is 1.59 bits per heavy atom. The van der Waals surface area contributed by atoms with Crippen LogP contribution in [0.5, 0.6) is 0 Å². The van der Waals surface area contributed by atoms with Gasteiger partial charge >= 0.3 is 0 Å². The summed E-state index contributed by atoms with van der Waals surface area (Å²) in [6, 6.07) is 0.